The molecule has 1 N–H and O–H groups in total. The lowest BCUT2D eigenvalue weighted by atomic mass is 9.98. The first-order valence-corrected chi connectivity index (χ1v) is 7.92. The van der Waals surface area contributed by atoms with Crippen LogP contribution in [0.4, 0.5) is 0 Å². The van der Waals surface area contributed by atoms with Crippen LogP contribution in [0.3, 0.4) is 0 Å². The summed E-state index contributed by atoms with van der Waals surface area (Å²) in [6.07, 6.45) is 5.29. The SMILES string of the molecule is CC(C)c1cc(C(=O)N[C@H]2CCCO[C@@H]2c2cnn(C)c2)no1. The number of carbonyl (C=O) groups is 1. The summed E-state index contributed by atoms with van der Waals surface area (Å²) in [5.41, 5.74) is 1.28. The van der Waals surface area contributed by atoms with E-state index in [1.165, 1.54) is 0 Å². The molecule has 1 aliphatic rings. The van der Waals surface area contributed by atoms with Crippen LogP contribution in [-0.4, -0.2) is 33.5 Å². The molecule has 1 fully saturated rings. The number of hydrogen-bond acceptors (Lipinski definition) is 5. The van der Waals surface area contributed by atoms with Crippen LogP contribution in [0.1, 0.15) is 60.5 Å². The Morgan fingerprint density at radius 3 is 2.96 bits per heavy atom. The van der Waals surface area contributed by atoms with Crippen molar-refractivity contribution in [1.82, 2.24) is 20.3 Å². The molecular weight excluding hydrogens is 296 g/mol. The minimum Gasteiger partial charge on any atom is -0.371 e. The number of rotatable bonds is 4. The van der Waals surface area contributed by atoms with Crippen molar-refractivity contribution in [2.45, 2.75) is 44.8 Å². The van der Waals surface area contributed by atoms with E-state index in [2.05, 4.69) is 15.6 Å². The molecule has 0 spiro atoms. The molecule has 23 heavy (non-hydrogen) atoms. The summed E-state index contributed by atoms with van der Waals surface area (Å²) in [7, 11) is 1.86. The van der Waals surface area contributed by atoms with Crippen molar-refractivity contribution in [2.75, 3.05) is 6.61 Å². The molecule has 1 saturated heterocycles. The van der Waals surface area contributed by atoms with E-state index in [9.17, 15) is 4.79 Å². The van der Waals surface area contributed by atoms with Crippen LogP contribution in [0.25, 0.3) is 0 Å². The summed E-state index contributed by atoms with van der Waals surface area (Å²) < 4.78 is 12.8. The summed E-state index contributed by atoms with van der Waals surface area (Å²) in [6, 6.07) is 1.60. The van der Waals surface area contributed by atoms with E-state index < -0.39 is 0 Å². The van der Waals surface area contributed by atoms with Gasteiger partial charge in [-0.2, -0.15) is 5.10 Å². The highest BCUT2D eigenvalue weighted by atomic mass is 16.5. The molecule has 2 atom stereocenters. The molecule has 0 bridgehead atoms. The van der Waals surface area contributed by atoms with Crippen LogP contribution in [0.5, 0.6) is 0 Å². The Bertz CT molecular complexity index is 676. The number of ether oxygens (including phenoxy) is 1. The molecule has 124 valence electrons. The van der Waals surface area contributed by atoms with Gasteiger partial charge in [0.05, 0.1) is 12.2 Å². The lowest BCUT2D eigenvalue weighted by Gasteiger charge is -2.31. The molecule has 0 unspecified atom stereocenters. The fraction of sp³-hybridized carbons (Fsp3) is 0.562. The zero-order chi connectivity index (χ0) is 16.4. The predicted octanol–water partition coefficient (Wildman–Crippen LogP) is 2.18. The van der Waals surface area contributed by atoms with E-state index in [0.29, 0.717) is 18.1 Å². The molecule has 3 rings (SSSR count). The van der Waals surface area contributed by atoms with Crippen molar-refractivity contribution < 1.29 is 14.1 Å². The summed E-state index contributed by atoms with van der Waals surface area (Å²) in [5, 5.41) is 11.1. The number of nitrogens with zero attached hydrogens (tertiary/aromatic N) is 3. The Morgan fingerprint density at radius 2 is 2.30 bits per heavy atom. The minimum atomic E-state index is -0.231. The van der Waals surface area contributed by atoms with Crippen LogP contribution < -0.4 is 5.32 Å². The first-order chi connectivity index (χ1) is 11.0. The number of nitrogens with one attached hydrogen (secondary N) is 1. The molecule has 7 heteroatoms. The average molecular weight is 318 g/mol. The minimum absolute atomic E-state index is 0.0975. The van der Waals surface area contributed by atoms with Crippen molar-refractivity contribution >= 4 is 5.91 Å². The van der Waals surface area contributed by atoms with Gasteiger partial charge in [0.1, 0.15) is 11.9 Å². The average Bonchev–Trinajstić information content (AvgIpc) is 3.17. The van der Waals surface area contributed by atoms with E-state index in [1.807, 2.05) is 27.1 Å². The maximum Gasteiger partial charge on any atom is 0.273 e. The van der Waals surface area contributed by atoms with E-state index in [1.54, 1.807) is 16.9 Å². The topological polar surface area (TPSA) is 82.2 Å². The standard InChI is InChI=1S/C16H22N4O3/c1-10(2)14-7-13(19-23-14)16(21)18-12-5-4-6-22-15(12)11-8-17-20(3)9-11/h7-10,12,15H,4-6H2,1-3H3,(H,18,21)/t12-,15+/m0/s1. The predicted molar refractivity (Wildman–Crippen MR) is 83.0 cm³/mol. The van der Waals surface area contributed by atoms with Crippen LogP contribution in [0.15, 0.2) is 23.0 Å². The maximum absolute atomic E-state index is 12.4. The Balaban J connectivity index is 1.72. The second-order valence-electron chi connectivity index (χ2n) is 6.23. The summed E-state index contributed by atoms with van der Waals surface area (Å²) >= 11 is 0. The lowest BCUT2D eigenvalue weighted by molar-refractivity contribution is -0.00958. The Morgan fingerprint density at radius 1 is 1.48 bits per heavy atom. The maximum atomic E-state index is 12.4. The molecule has 2 aromatic rings. The Labute approximate surface area is 135 Å². The third-order valence-corrected chi connectivity index (χ3v) is 4.02. The molecule has 3 heterocycles. The van der Waals surface area contributed by atoms with Crippen molar-refractivity contribution in [3.05, 3.63) is 35.5 Å². The highest BCUT2D eigenvalue weighted by Crippen LogP contribution is 2.28. The van der Waals surface area contributed by atoms with Gasteiger partial charge in [0, 0.05) is 37.4 Å². The first kappa shape index (κ1) is 15.7. The zero-order valence-corrected chi connectivity index (χ0v) is 13.7. The third-order valence-electron chi connectivity index (χ3n) is 4.02. The molecule has 2 aromatic heterocycles. The fourth-order valence-electron chi connectivity index (χ4n) is 2.76. The molecule has 0 aromatic carbocycles. The summed E-state index contributed by atoms with van der Waals surface area (Å²) in [4.78, 5) is 12.4. The van der Waals surface area contributed by atoms with Gasteiger partial charge in [-0.05, 0) is 12.8 Å². The van der Waals surface area contributed by atoms with Crippen molar-refractivity contribution in [1.29, 1.82) is 0 Å². The van der Waals surface area contributed by atoms with E-state index in [-0.39, 0.29) is 24.0 Å². The van der Waals surface area contributed by atoms with E-state index in [0.717, 1.165) is 18.4 Å². The molecule has 0 radical (unpaired) electrons. The second-order valence-corrected chi connectivity index (χ2v) is 6.23. The van der Waals surface area contributed by atoms with Gasteiger partial charge < -0.3 is 14.6 Å². The molecular formula is C16H22N4O3. The fourth-order valence-corrected chi connectivity index (χ4v) is 2.76. The lowest BCUT2D eigenvalue weighted by Crippen LogP contribution is -2.42. The van der Waals surface area contributed by atoms with Gasteiger partial charge in [-0.1, -0.05) is 19.0 Å². The third kappa shape index (κ3) is 3.44. The van der Waals surface area contributed by atoms with E-state index >= 15 is 0 Å². The molecule has 7 nitrogen and oxygen atoms in total. The number of carbonyl (C=O) groups excluding carboxylic acids is 1. The normalized spacial score (nSPS) is 21.6. The highest BCUT2D eigenvalue weighted by molar-refractivity contribution is 5.92. The molecule has 1 amide bonds. The zero-order valence-electron chi connectivity index (χ0n) is 13.7. The van der Waals surface area contributed by atoms with Crippen molar-refractivity contribution in [2.24, 2.45) is 7.05 Å². The first-order valence-electron chi connectivity index (χ1n) is 7.92. The van der Waals surface area contributed by atoms with Crippen molar-refractivity contribution in [3.63, 3.8) is 0 Å². The highest BCUT2D eigenvalue weighted by Gasteiger charge is 2.30. The molecule has 0 saturated carbocycles. The van der Waals surface area contributed by atoms with Crippen molar-refractivity contribution in [3.8, 4) is 0 Å². The van der Waals surface area contributed by atoms with Crippen LogP contribution in [0.2, 0.25) is 0 Å². The monoisotopic (exact) mass is 318 g/mol. The largest absolute Gasteiger partial charge is 0.371 e. The van der Waals surface area contributed by atoms with E-state index in [4.69, 9.17) is 9.26 Å². The smallest absolute Gasteiger partial charge is 0.273 e. The molecule has 1 aliphatic heterocycles. The number of aromatic nitrogens is 3. The Hall–Kier alpha value is -2.15. The van der Waals surface area contributed by atoms with Crippen LogP contribution >= 0.6 is 0 Å². The quantitative estimate of drug-likeness (QED) is 0.934. The number of aryl methyl sites for hydroxylation is 1. The van der Waals surface area contributed by atoms with Gasteiger partial charge in [0.25, 0.3) is 5.91 Å². The van der Waals surface area contributed by atoms with Gasteiger partial charge in [-0.15, -0.1) is 0 Å². The van der Waals surface area contributed by atoms with Gasteiger partial charge >= 0.3 is 0 Å². The summed E-state index contributed by atoms with van der Waals surface area (Å²) in [5.74, 6) is 0.675. The van der Waals surface area contributed by atoms with Gasteiger partial charge in [0.2, 0.25) is 0 Å². The number of amides is 1. The van der Waals surface area contributed by atoms with Crippen LogP contribution in [0, 0.1) is 0 Å². The number of hydrogen-bond donors (Lipinski definition) is 1. The second kappa shape index (κ2) is 6.54. The Kier molecular flexibility index (Phi) is 4.47. The van der Waals surface area contributed by atoms with Gasteiger partial charge in [-0.25, -0.2) is 0 Å². The summed E-state index contributed by atoms with van der Waals surface area (Å²) in [6.45, 7) is 4.68. The van der Waals surface area contributed by atoms with Gasteiger partial charge in [0.15, 0.2) is 5.69 Å². The van der Waals surface area contributed by atoms with Gasteiger partial charge in [-0.3, -0.25) is 9.48 Å². The van der Waals surface area contributed by atoms with Crippen LogP contribution in [-0.2, 0) is 11.8 Å². The molecule has 0 aliphatic carbocycles.